The van der Waals surface area contributed by atoms with Crippen LogP contribution in [0.2, 0.25) is 5.02 Å². The number of nitriles is 1. The molecule has 0 unspecified atom stereocenters. The van der Waals surface area contributed by atoms with Gasteiger partial charge in [0.05, 0.1) is 9.82 Å². The number of halogens is 1. The van der Waals surface area contributed by atoms with Gasteiger partial charge >= 0.3 is 0 Å². The van der Waals surface area contributed by atoms with Crippen molar-refractivity contribution in [3.63, 3.8) is 0 Å². The lowest BCUT2D eigenvalue weighted by Crippen LogP contribution is -2.13. The van der Waals surface area contributed by atoms with E-state index in [9.17, 15) is 28.6 Å². The molecular weight excluding hydrogens is 460 g/mol. The number of furan rings is 1. The number of hydrogen-bond acceptors (Lipinski definition) is 7. The molecule has 0 spiro atoms. The largest absolute Gasteiger partial charge is 0.457 e. The number of primary sulfonamides is 1. The Labute approximate surface area is 186 Å². The van der Waals surface area contributed by atoms with Crippen LogP contribution in [0.25, 0.3) is 17.4 Å². The molecule has 10 nitrogen and oxygen atoms in total. The molecule has 3 rings (SSSR count). The number of benzene rings is 2. The van der Waals surface area contributed by atoms with Crippen LogP contribution in [-0.2, 0) is 14.8 Å². The van der Waals surface area contributed by atoms with Crippen molar-refractivity contribution in [2.75, 3.05) is 5.32 Å². The zero-order valence-corrected chi connectivity index (χ0v) is 17.6. The Bertz CT molecular complexity index is 1390. The van der Waals surface area contributed by atoms with E-state index in [4.69, 9.17) is 21.2 Å². The molecule has 3 N–H and O–H groups in total. The molecule has 1 aromatic heterocycles. The highest BCUT2D eigenvalue weighted by molar-refractivity contribution is 7.89. The van der Waals surface area contributed by atoms with E-state index in [1.165, 1.54) is 48.5 Å². The first-order valence-electron chi connectivity index (χ1n) is 8.68. The smallest absolute Gasteiger partial charge is 0.289 e. The Morgan fingerprint density at radius 1 is 1.19 bits per heavy atom. The highest BCUT2D eigenvalue weighted by Gasteiger charge is 2.16. The molecule has 32 heavy (non-hydrogen) atoms. The third-order valence-corrected chi connectivity index (χ3v) is 5.40. The van der Waals surface area contributed by atoms with Gasteiger partial charge in [0.25, 0.3) is 11.6 Å². The van der Waals surface area contributed by atoms with Crippen molar-refractivity contribution < 1.29 is 22.6 Å². The van der Waals surface area contributed by atoms with Crippen molar-refractivity contribution >= 4 is 45.0 Å². The van der Waals surface area contributed by atoms with Crippen molar-refractivity contribution in [3.05, 3.63) is 81.1 Å². The number of sulfonamides is 1. The van der Waals surface area contributed by atoms with Gasteiger partial charge in [-0.15, -0.1) is 0 Å². The molecule has 162 valence electrons. The summed E-state index contributed by atoms with van der Waals surface area (Å²) in [6.07, 6.45) is 1.20. The standard InChI is InChI=1S/C20H13ClN4O6S/c21-17-7-3-14(10-18(17)25(27)28)24-20(26)13(11-22)9-15-4-8-19(31-15)12-1-5-16(6-2-12)32(23,29)30/h1-10H,(H,24,26)(H2,23,29,30). The molecular formula is C20H13ClN4O6S. The summed E-state index contributed by atoms with van der Waals surface area (Å²) in [4.78, 5) is 22.6. The van der Waals surface area contributed by atoms with Crippen LogP contribution >= 0.6 is 11.6 Å². The highest BCUT2D eigenvalue weighted by Crippen LogP contribution is 2.28. The molecule has 1 amide bonds. The van der Waals surface area contributed by atoms with Crippen molar-refractivity contribution in [3.8, 4) is 17.4 Å². The van der Waals surface area contributed by atoms with E-state index in [0.717, 1.165) is 6.07 Å². The van der Waals surface area contributed by atoms with Crippen LogP contribution in [0.5, 0.6) is 0 Å². The molecule has 0 fully saturated rings. The Morgan fingerprint density at radius 2 is 1.88 bits per heavy atom. The number of nitrogens with zero attached hydrogens (tertiary/aromatic N) is 2. The van der Waals surface area contributed by atoms with Crippen molar-refractivity contribution in [2.45, 2.75) is 4.90 Å². The van der Waals surface area contributed by atoms with Gasteiger partial charge < -0.3 is 9.73 Å². The maximum absolute atomic E-state index is 12.4. The van der Waals surface area contributed by atoms with Gasteiger partial charge in [0.1, 0.15) is 28.2 Å². The Hall–Kier alpha value is -3.98. The molecule has 0 aliphatic heterocycles. The van der Waals surface area contributed by atoms with E-state index in [2.05, 4.69) is 5.32 Å². The average Bonchev–Trinajstić information content (AvgIpc) is 3.21. The number of nitrogens with two attached hydrogens (primary N) is 1. The number of nitro groups is 1. The molecule has 0 radical (unpaired) electrons. The van der Waals surface area contributed by atoms with Gasteiger partial charge in [0, 0.05) is 23.4 Å². The van der Waals surface area contributed by atoms with Crippen molar-refractivity contribution in [1.29, 1.82) is 5.26 Å². The molecule has 0 aliphatic carbocycles. The second-order valence-corrected chi connectivity index (χ2v) is 8.29. The van der Waals surface area contributed by atoms with E-state index in [1.54, 1.807) is 12.1 Å². The van der Waals surface area contributed by atoms with Gasteiger partial charge in [-0.3, -0.25) is 14.9 Å². The summed E-state index contributed by atoms with van der Waals surface area (Å²) in [5, 5.41) is 27.7. The lowest BCUT2D eigenvalue weighted by atomic mass is 10.2. The normalized spacial score (nSPS) is 11.6. The maximum atomic E-state index is 12.4. The first-order chi connectivity index (χ1) is 15.1. The number of anilines is 1. The second-order valence-electron chi connectivity index (χ2n) is 6.32. The van der Waals surface area contributed by atoms with Crippen LogP contribution < -0.4 is 10.5 Å². The predicted molar refractivity (Wildman–Crippen MR) is 116 cm³/mol. The Balaban J connectivity index is 1.81. The molecule has 0 atom stereocenters. The van der Waals surface area contributed by atoms with Gasteiger partial charge in [-0.2, -0.15) is 5.26 Å². The van der Waals surface area contributed by atoms with Crippen molar-refractivity contribution in [1.82, 2.24) is 0 Å². The molecule has 0 saturated heterocycles. The third kappa shape index (κ3) is 5.19. The molecule has 12 heteroatoms. The molecule has 3 aromatic rings. The lowest BCUT2D eigenvalue weighted by molar-refractivity contribution is -0.384. The molecule has 0 aliphatic rings. The summed E-state index contributed by atoms with van der Waals surface area (Å²) in [7, 11) is -3.83. The average molecular weight is 473 g/mol. The fourth-order valence-corrected chi connectivity index (χ4v) is 3.32. The third-order valence-electron chi connectivity index (χ3n) is 4.15. The number of rotatable bonds is 6. The van der Waals surface area contributed by atoms with Gasteiger partial charge in [0.2, 0.25) is 10.0 Å². The predicted octanol–water partition coefficient (Wildman–Crippen LogP) is 3.70. The summed E-state index contributed by atoms with van der Waals surface area (Å²) in [6, 6.07) is 14.2. The Kier molecular flexibility index (Phi) is 6.40. The summed E-state index contributed by atoms with van der Waals surface area (Å²) < 4.78 is 28.3. The zero-order valence-electron chi connectivity index (χ0n) is 16.0. The van der Waals surface area contributed by atoms with E-state index in [1.807, 2.05) is 0 Å². The molecule has 0 saturated carbocycles. The van der Waals surface area contributed by atoms with Gasteiger partial charge in [-0.25, -0.2) is 13.6 Å². The van der Waals surface area contributed by atoms with Gasteiger partial charge in [0.15, 0.2) is 0 Å². The minimum Gasteiger partial charge on any atom is -0.457 e. The van der Waals surface area contributed by atoms with Gasteiger partial charge in [-0.1, -0.05) is 11.6 Å². The first-order valence-corrected chi connectivity index (χ1v) is 10.6. The highest BCUT2D eigenvalue weighted by atomic mass is 35.5. The minimum atomic E-state index is -3.83. The van der Waals surface area contributed by atoms with E-state index in [0.29, 0.717) is 11.3 Å². The summed E-state index contributed by atoms with van der Waals surface area (Å²) >= 11 is 5.74. The van der Waals surface area contributed by atoms with Crippen LogP contribution in [-0.4, -0.2) is 19.2 Å². The van der Waals surface area contributed by atoms with E-state index in [-0.39, 0.29) is 26.9 Å². The number of carbonyl (C=O) groups excluding carboxylic acids is 1. The number of carbonyl (C=O) groups is 1. The first kappa shape index (κ1) is 22.7. The molecule has 0 bridgehead atoms. The van der Waals surface area contributed by atoms with E-state index < -0.39 is 26.5 Å². The second kappa shape index (κ2) is 9.03. The molecule has 1 heterocycles. The fraction of sp³-hybridized carbons (Fsp3) is 0. The Morgan fingerprint density at radius 3 is 2.47 bits per heavy atom. The topological polar surface area (TPSA) is 169 Å². The molecule has 2 aromatic carbocycles. The number of nitrogens with one attached hydrogen (secondary N) is 1. The summed E-state index contributed by atoms with van der Waals surface area (Å²) in [6.45, 7) is 0. The van der Waals surface area contributed by atoms with Gasteiger partial charge in [-0.05, 0) is 48.5 Å². The fourth-order valence-electron chi connectivity index (χ4n) is 2.61. The van der Waals surface area contributed by atoms with E-state index >= 15 is 0 Å². The quantitative estimate of drug-likeness (QED) is 0.238. The van der Waals surface area contributed by atoms with Crippen LogP contribution in [0, 0.1) is 21.4 Å². The van der Waals surface area contributed by atoms with Crippen molar-refractivity contribution in [2.24, 2.45) is 5.14 Å². The van der Waals surface area contributed by atoms with Crippen LogP contribution in [0.15, 0.2) is 69.5 Å². The zero-order chi connectivity index (χ0) is 23.5. The number of nitro benzene ring substituents is 1. The monoisotopic (exact) mass is 472 g/mol. The van der Waals surface area contributed by atoms with Crippen LogP contribution in [0.4, 0.5) is 11.4 Å². The summed E-state index contributed by atoms with van der Waals surface area (Å²) in [5.74, 6) is -0.257. The minimum absolute atomic E-state index is 0.0567. The maximum Gasteiger partial charge on any atom is 0.289 e. The number of hydrogen-bond donors (Lipinski definition) is 2. The number of amides is 1. The summed E-state index contributed by atoms with van der Waals surface area (Å²) in [5.41, 5.74) is -0.0695. The SMILES string of the molecule is N#CC(=Cc1ccc(-c2ccc(S(N)(=O)=O)cc2)o1)C(=O)Nc1ccc(Cl)c([N+](=O)[O-])c1. The lowest BCUT2D eigenvalue weighted by Gasteiger charge is -2.04. The van der Waals surface area contributed by atoms with Crippen LogP contribution in [0.3, 0.4) is 0 Å². The van der Waals surface area contributed by atoms with Crippen LogP contribution in [0.1, 0.15) is 5.76 Å².